The summed E-state index contributed by atoms with van der Waals surface area (Å²) in [5.41, 5.74) is 3.32. The molecule has 1 saturated heterocycles. The lowest BCUT2D eigenvalue weighted by atomic mass is 10.1. The highest BCUT2D eigenvalue weighted by atomic mass is 19.1. The number of hydrogen-bond donors (Lipinski definition) is 0. The first kappa shape index (κ1) is 15.5. The molecule has 3 nitrogen and oxygen atoms in total. The van der Waals surface area contributed by atoms with Crippen molar-refractivity contribution in [3.63, 3.8) is 0 Å². The van der Waals surface area contributed by atoms with E-state index in [0.717, 1.165) is 31.7 Å². The van der Waals surface area contributed by atoms with Crippen LogP contribution in [0.4, 0.5) is 10.1 Å². The van der Waals surface area contributed by atoms with Crippen molar-refractivity contribution in [1.29, 1.82) is 0 Å². The summed E-state index contributed by atoms with van der Waals surface area (Å²) in [5.74, 6) is -0.159. The van der Waals surface area contributed by atoms with Crippen molar-refractivity contribution >= 4 is 11.6 Å². The van der Waals surface area contributed by atoms with E-state index in [1.165, 1.54) is 23.4 Å². The first-order chi connectivity index (χ1) is 11.1. The van der Waals surface area contributed by atoms with Gasteiger partial charge in [-0.3, -0.25) is 4.79 Å². The van der Waals surface area contributed by atoms with E-state index in [1.807, 2.05) is 4.90 Å². The molecule has 1 aliphatic rings. The van der Waals surface area contributed by atoms with Gasteiger partial charge in [-0.15, -0.1) is 0 Å². The molecule has 120 valence electrons. The maximum Gasteiger partial charge on any atom is 0.227 e. The average Bonchev–Trinajstić information content (AvgIpc) is 2.58. The maximum absolute atomic E-state index is 12.9. The lowest BCUT2D eigenvalue weighted by Gasteiger charge is -2.36. The Labute approximate surface area is 136 Å². The molecule has 4 heteroatoms. The Morgan fingerprint density at radius 2 is 1.57 bits per heavy atom. The van der Waals surface area contributed by atoms with Crippen LogP contribution in [0, 0.1) is 12.7 Å². The maximum atomic E-state index is 12.9. The van der Waals surface area contributed by atoms with Gasteiger partial charge in [-0.1, -0.05) is 29.8 Å². The predicted molar refractivity (Wildman–Crippen MR) is 90.1 cm³/mol. The van der Waals surface area contributed by atoms with E-state index < -0.39 is 0 Å². The fourth-order valence-corrected chi connectivity index (χ4v) is 2.86. The molecule has 1 heterocycles. The number of aryl methyl sites for hydroxylation is 1. The average molecular weight is 312 g/mol. The van der Waals surface area contributed by atoms with Crippen LogP contribution >= 0.6 is 0 Å². The Balaban J connectivity index is 1.54. The molecule has 0 bridgehead atoms. The lowest BCUT2D eigenvalue weighted by molar-refractivity contribution is -0.130. The summed E-state index contributed by atoms with van der Waals surface area (Å²) in [4.78, 5) is 16.6. The third-order valence-electron chi connectivity index (χ3n) is 4.30. The number of nitrogens with zero attached hydrogens (tertiary/aromatic N) is 2. The highest BCUT2D eigenvalue weighted by Gasteiger charge is 2.21. The molecule has 1 fully saturated rings. The number of rotatable bonds is 3. The second-order valence-electron chi connectivity index (χ2n) is 6.01. The molecule has 1 amide bonds. The topological polar surface area (TPSA) is 23.6 Å². The van der Waals surface area contributed by atoms with E-state index in [1.54, 1.807) is 12.1 Å². The minimum absolute atomic E-state index is 0.111. The highest BCUT2D eigenvalue weighted by Crippen LogP contribution is 2.17. The quantitative estimate of drug-likeness (QED) is 0.870. The van der Waals surface area contributed by atoms with Crippen LogP contribution in [-0.2, 0) is 11.2 Å². The summed E-state index contributed by atoms with van der Waals surface area (Å²) in [5, 5.41) is 0. The van der Waals surface area contributed by atoms with Gasteiger partial charge in [-0.05, 0) is 36.8 Å². The standard InChI is InChI=1S/C19H21FN2O/c1-15-2-8-18(9-3-15)21-10-12-22(13-11-21)19(23)14-16-4-6-17(20)7-5-16/h2-9H,10-14H2,1H3. The van der Waals surface area contributed by atoms with Crippen molar-refractivity contribution in [2.45, 2.75) is 13.3 Å². The number of benzene rings is 2. The van der Waals surface area contributed by atoms with Crippen molar-refractivity contribution in [2.75, 3.05) is 31.1 Å². The molecule has 2 aromatic rings. The fraction of sp³-hybridized carbons (Fsp3) is 0.316. The minimum atomic E-state index is -0.270. The Hall–Kier alpha value is -2.36. The molecule has 1 aliphatic heterocycles. The normalized spacial score (nSPS) is 14.9. The largest absolute Gasteiger partial charge is 0.368 e. The van der Waals surface area contributed by atoms with Crippen LogP contribution < -0.4 is 4.90 Å². The minimum Gasteiger partial charge on any atom is -0.368 e. The van der Waals surface area contributed by atoms with Crippen LogP contribution in [0.1, 0.15) is 11.1 Å². The van der Waals surface area contributed by atoms with Gasteiger partial charge in [0.05, 0.1) is 6.42 Å². The molecule has 2 aromatic carbocycles. The monoisotopic (exact) mass is 312 g/mol. The zero-order valence-electron chi connectivity index (χ0n) is 13.3. The molecule has 0 unspecified atom stereocenters. The number of carbonyl (C=O) groups is 1. The van der Waals surface area contributed by atoms with Gasteiger partial charge in [-0.2, -0.15) is 0 Å². The first-order valence-electron chi connectivity index (χ1n) is 7.96. The number of anilines is 1. The van der Waals surface area contributed by atoms with Crippen molar-refractivity contribution < 1.29 is 9.18 Å². The van der Waals surface area contributed by atoms with E-state index in [2.05, 4.69) is 36.1 Å². The van der Waals surface area contributed by atoms with E-state index in [4.69, 9.17) is 0 Å². The number of amides is 1. The van der Waals surface area contributed by atoms with Crippen molar-refractivity contribution in [3.05, 3.63) is 65.5 Å². The SMILES string of the molecule is Cc1ccc(N2CCN(C(=O)Cc3ccc(F)cc3)CC2)cc1. The van der Waals surface area contributed by atoms with Gasteiger partial charge in [0.15, 0.2) is 0 Å². The molecular weight excluding hydrogens is 291 g/mol. The Morgan fingerprint density at radius 3 is 2.17 bits per heavy atom. The van der Waals surface area contributed by atoms with E-state index >= 15 is 0 Å². The van der Waals surface area contributed by atoms with E-state index in [9.17, 15) is 9.18 Å². The Morgan fingerprint density at radius 1 is 0.957 bits per heavy atom. The van der Waals surface area contributed by atoms with E-state index in [-0.39, 0.29) is 11.7 Å². The summed E-state index contributed by atoms with van der Waals surface area (Å²) in [6, 6.07) is 14.6. The van der Waals surface area contributed by atoms with Gasteiger partial charge in [0, 0.05) is 31.9 Å². The highest BCUT2D eigenvalue weighted by molar-refractivity contribution is 5.79. The van der Waals surface area contributed by atoms with Gasteiger partial charge < -0.3 is 9.80 Å². The summed E-state index contributed by atoms with van der Waals surface area (Å²) >= 11 is 0. The van der Waals surface area contributed by atoms with Gasteiger partial charge in [0.1, 0.15) is 5.82 Å². The lowest BCUT2D eigenvalue weighted by Crippen LogP contribution is -2.49. The van der Waals surface area contributed by atoms with Gasteiger partial charge in [0.25, 0.3) is 0 Å². The molecule has 0 aliphatic carbocycles. The zero-order valence-corrected chi connectivity index (χ0v) is 13.3. The summed E-state index contributed by atoms with van der Waals surface area (Å²) in [6.45, 7) is 5.23. The summed E-state index contributed by atoms with van der Waals surface area (Å²) < 4.78 is 12.9. The third kappa shape index (κ3) is 3.89. The molecule has 0 saturated carbocycles. The van der Waals surface area contributed by atoms with Gasteiger partial charge in [-0.25, -0.2) is 4.39 Å². The first-order valence-corrected chi connectivity index (χ1v) is 7.96. The van der Waals surface area contributed by atoms with Crippen LogP contribution in [0.5, 0.6) is 0 Å². The van der Waals surface area contributed by atoms with Crippen LogP contribution in [0.2, 0.25) is 0 Å². The smallest absolute Gasteiger partial charge is 0.227 e. The number of piperazine rings is 1. The molecule has 3 rings (SSSR count). The van der Waals surface area contributed by atoms with Crippen LogP contribution in [0.3, 0.4) is 0 Å². The van der Waals surface area contributed by atoms with Crippen LogP contribution in [0.15, 0.2) is 48.5 Å². The van der Waals surface area contributed by atoms with Crippen LogP contribution in [-0.4, -0.2) is 37.0 Å². The van der Waals surface area contributed by atoms with Crippen LogP contribution in [0.25, 0.3) is 0 Å². The Kier molecular flexibility index (Phi) is 4.60. The molecule has 0 spiro atoms. The molecule has 0 radical (unpaired) electrons. The Bertz CT molecular complexity index is 659. The molecule has 0 atom stereocenters. The number of hydrogen-bond acceptors (Lipinski definition) is 2. The second-order valence-corrected chi connectivity index (χ2v) is 6.01. The van der Waals surface area contributed by atoms with Gasteiger partial charge >= 0.3 is 0 Å². The van der Waals surface area contributed by atoms with Crippen molar-refractivity contribution in [3.8, 4) is 0 Å². The van der Waals surface area contributed by atoms with Crippen molar-refractivity contribution in [1.82, 2.24) is 4.90 Å². The molecule has 0 N–H and O–H groups in total. The fourth-order valence-electron chi connectivity index (χ4n) is 2.86. The third-order valence-corrected chi connectivity index (χ3v) is 4.30. The molecular formula is C19H21FN2O. The van der Waals surface area contributed by atoms with E-state index in [0.29, 0.717) is 6.42 Å². The number of carbonyl (C=O) groups excluding carboxylic acids is 1. The molecule has 0 aromatic heterocycles. The molecule has 23 heavy (non-hydrogen) atoms. The zero-order chi connectivity index (χ0) is 16.2. The summed E-state index contributed by atoms with van der Waals surface area (Å²) in [6.07, 6.45) is 0.338. The summed E-state index contributed by atoms with van der Waals surface area (Å²) in [7, 11) is 0. The van der Waals surface area contributed by atoms with Gasteiger partial charge in [0.2, 0.25) is 5.91 Å². The second kappa shape index (κ2) is 6.82. The predicted octanol–water partition coefficient (Wildman–Crippen LogP) is 3.03. The number of halogens is 1. The van der Waals surface area contributed by atoms with Crippen molar-refractivity contribution in [2.24, 2.45) is 0 Å².